The lowest BCUT2D eigenvalue weighted by Gasteiger charge is -2.17. The van der Waals surface area contributed by atoms with Gasteiger partial charge in [0, 0.05) is 12.0 Å². The first-order valence-electron chi connectivity index (χ1n) is 15.9. The maximum atomic E-state index is 13.1. The van der Waals surface area contributed by atoms with Gasteiger partial charge in [0.1, 0.15) is 30.5 Å². The molecule has 0 saturated carbocycles. The Bertz CT molecular complexity index is 1590. The van der Waals surface area contributed by atoms with E-state index in [0.29, 0.717) is 30.3 Å². The summed E-state index contributed by atoms with van der Waals surface area (Å²) in [5.41, 5.74) is 6.05. The normalized spacial score (nSPS) is 12.8. The molecule has 0 amide bonds. The summed E-state index contributed by atoms with van der Waals surface area (Å²) in [6, 6.07) is 16.6. The van der Waals surface area contributed by atoms with E-state index in [0.717, 1.165) is 66.2 Å². The molecule has 4 rings (SSSR count). The second-order valence-corrected chi connectivity index (χ2v) is 11.1. The van der Waals surface area contributed by atoms with Crippen LogP contribution in [0.1, 0.15) is 72.5 Å². The van der Waals surface area contributed by atoms with Crippen LogP contribution < -0.4 is 14.2 Å². The highest BCUT2D eigenvalue weighted by Gasteiger charge is 2.30. The van der Waals surface area contributed by atoms with E-state index >= 15 is 0 Å². The third-order valence-corrected chi connectivity index (χ3v) is 7.95. The van der Waals surface area contributed by atoms with Crippen LogP contribution in [0.3, 0.4) is 0 Å². The number of ether oxygens (including phenoxy) is 5. The molecule has 3 aromatic rings. The quantitative estimate of drug-likeness (QED) is 0.0697. The van der Waals surface area contributed by atoms with Gasteiger partial charge in [-0.3, -0.25) is 0 Å². The molecule has 0 bridgehead atoms. The van der Waals surface area contributed by atoms with Crippen LogP contribution >= 0.6 is 0 Å². The van der Waals surface area contributed by atoms with E-state index in [1.165, 1.54) is 5.56 Å². The van der Waals surface area contributed by atoms with Crippen molar-refractivity contribution in [3.63, 3.8) is 0 Å². The van der Waals surface area contributed by atoms with Crippen molar-refractivity contribution in [3.8, 4) is 28.4 Å². The fourth-order valence-electron chi connectivity index (χ4n) is 5.52. The minimum absolute atomic E-state index is 0.0520. The Labute approximate surface area is 275 Å². The van der Waals surface area contributed by atoms with Gasteiger partial charge in [-0.05, 0) is 102 Å². The topological polar surface area (TPSA) is 118 Å². The lowest BCUT2D eigenvalue weighted by atomic mass is 9.92. The van der Waals surface area contributed by atoms with Crippen LogP contribution in [-0.2, 0) is 25.5 Å². The van der Waals surface area contributed by atoms with Crippen LogP contribution in [0.2, 0.25) is 0 Å². The van der Waals surface area contributed by atoms with E-state index in [2.05, 4.69) is 27.0 Å². The molecule has 248 valence electrons. The van der Waals surface area contributed by atoms with Crippen LogP contribution in [-0.4, -0.2) is 56.0 Å². The van der Waals surface area contributed by atoms with Crippen LogP contribution in [0.15, 0.2) is 79.4 Å². The number of carbonyl (C=O) groups is 3. The van der Waals surface area contributed by atoms with Crippen LogP contribution in [0, 0.1) is 0 Å². The summed E-state index contributed by atoms with van der Waals surface area (Å²) in [4.78, 5) is 35.9. The van der Waals surface area contributed by atoms with Gasteiger partial charge >= 0.3 is 17.9 Å². The number of hydrogen-bond acceptors (Lipinski definition) is 9. The number of benzene rings is 3. The molecule has 9 nitrogen and oxygen atoms in total. The van der Waals surface area contributed by atoms with Crippen molar-refractivity contribution in [1.29, 1.82) is 0 Å². The van der Waals surface area contributed by atoms with E-state index in [9.17, 15) is 14.4 Å². The second kappa shape index (κ2) is 17.1. The summed E-state index contributed by atoms with van der Waals surface area (Å²) in [7, 11) is 0. The van der Waals surface area contributed by atoms with Gasteiger partial charge < -0.3 is 28.8 Å². The van der Waals surface area contributed by atoms with Crippen LogP contribution in [0.25, 0.3) is 11.1 Å². The van der Waals surface area contributed by atoms with E-state index in [-0.39, 0.29) is 24.7 Å². The maximum Gasteiger partial charge on any atom is 0.343 e. The average Bonchev–Trinajstić information content (AvgIpc) is 3.38. The van der Waals surface area contributed by atoms with Gasteiger partial charge in [0.15, 0.2) is 0 Å². The van der Waals surface area contributed by atoms with E-state index < -0.39 is 24.5 Å². The fraction of sp³-hybridized carbons (Fsp3) is 0.342. The molecule has 1 unspecified atom stereocenters. The van der Waals surface area contributed by atoms with Crippen molar-refractivity contribution in [2.45, 2.75) is 51.9 Å². The number of carbonyl (C=O) groups excluding carboxylic acids is 3. The van der Waals surface area contributed by atoms with Crippen LogP contribution in [0.5, 0.6) is 17.2 Å². The summed E-state index contributed by atoms with van der Waals surface area (Å²) in [6.45, 7) is 11.9. The molecule has 1 N–H and O–H groups in total. The number of hydrogen-bond donors (Lipinski definition) is 1. The van der Waals surface area contributed by atoms with Gasteiger partial charge in [0.05, 0.1) is 31.0 Å². The highest BCUT2D eigenvalue weighted by molar-refractivity contribution is 5.93. The van der Waals surface area contributed by atoms with Crippen molar-refractivity contribution >= 4 is 17.9 Å². The van der Waals surface area contributed by atoms with Gasteiger partial charge in [0.2, 0.25) is 0 Å². The predicted octanol–water partition coefficient (Wildman–Crippen LogP) is 6.74. The first-order chi connectivity index (χ1) is 22.8. The summed E-state index contributed by atoms with van der Waals surface area (Å²) >= 11 is 0. The number of aliphatic hydroxyl groups excluding tert-OH is 1. The van der Waals surface area contributed by atoms with Gasteiger partial charge in [0.25, 0.3) is 0 Å². The maximum absolute atomic E-state index is 13.1. The summed E-state index contributed by atoms with van der Waals surface area (Å²) in [5, 5.41) is 8.87. The number of rotatable bonds is 18. The minimum atomic E-state index is -0.562. The monoisotopic (exact) mass is 642 g/mol. The molecule has 0 spiro atoms. The Morgan fingerprint density at radius 1 is 0.830 bits per heavy atom. The summed E-state index contributed by atoms with van der Waals surface area (Å²) in [5.74, 6) is 0.429. The molecule has 1 aliphatic rings. The molecule has 1 atom stereocenters. The number of unbranched alkanes of at least 4 members (excludes halogenated alkanes) is 3. The Balaban J connectivity index is 1.27. The lowest BCUT2D eigenvalue weighted by molar-refractivity contribution is -0.140. The molecule has 0 aromatic heterocycles. The van der Waals surface area contributed by atoms with Crippen LogP contribution in [0.4, 0.5) is 0 Å². The number of fused-ring (bicyclic) bond motifs is 3. The summed E-state index contributed by atoms with van der Waals surface area (Å²) in [6.07, 6.45) is 5.27. The molecular formula is C38H42O9. The predicted molar refractivity (Wildman–Crippen MR) is 178 cm³/mol. The number of aliphatic hydroxyl groups is 1. The standard InChI is InChI=1S/C38H42O9/c1-5-30-34(44-21-22-45-35(40)6-2)18-17-32-31-16-11-27(23-33(31)26(4)36(30)32)38(42)47-29-14-12-28(13-15-29)43-19-9-7-8-10-20-46-37(41)25(3)24-39/h6,11-18,23,26,39H,2-3,5,7-10,19-22,24H2,1,4H3. The summed E-state index contributed by atoms with van der Waals surface area (Å²) < 4.78 is 27.5. The minimum Gasteiger partial charge on any atom is -0.494 e. The second-order valence-electron chi connectivity index (χ2n) is 11.1. The zero-order chi connectivity index (χ0) is 33.8. The van der Waals surface area contributed by atoms with Gasteiger partial charge in [-0.2, -0.15) is 0 Å². The van der Waals surface area contributed by atoms with Crippen molar-refractivity contribution in [2.24, 2.45) is 0 Å². The first kappa shape index (κ1) is 35.0. The van der Waals surface area contributed by atoms with Crippen molar-refractivity contribution in [2.75, 3.05) is 33.0 Å². The molecule has 0 saturated heterocycles. The van der Waals surface area contributed by atoms with Crippen molar-refractivity contribution in [3.05, 3.63) is 102 Å². The molecule has 0 heterocycles. The molecule has 9 heteroatoms. The van der Waals surface area contributed by atoms with E-state index in [4.69, 9.17) is 28.8 Å². The zero-order valence-electron chi connectivity index (χ0n) is 27.0. The highest BCUT2D eigenvalue weighted by Crippen LogP contribution is 2.48. The first-order valence-corrected chi connectivity index (χ1v) is 15.9. The zero-order valence-corrected chi connectivity index (χ0v) is 27.0. The Hall–Kier alpha value is -4.89. The molecular weight excluding hydrogens is 600 g/mol. The molecule has 0 aliphatic heterocycles. The SMILES string of the molecule is C=CC(=O)OCCOc1ccc2c(c1CC)C(C)c1cc(C(=O)Oc3ccc(OCCCCCCOC(=O)C(=C)CO)cc3)ccc1-2. The highest BCUT2D eigenvalue weighted by atomic mass is 16.6. The third kappa shape index (κ3) is 9.10. The largest absolute Gasteiger partial charge is 0.494 e. The van der Waals surface area contributed by atoms with Gasteiger partial charge in [-0.15, -0.1) is 0 Å². The van der Waals surface area contributed by atoms with Crippen molar-refractivity contribution in [1.82, 2.24) is 0 Å². The molecule has 0 fully saturated rings. The lowest BCUT2D eigenvalue weighted by Crippen LogP contribution is -2.11. The smallest absolute Gasteiger partial charge is 0.343 e. The Kier molecular flexibility index (Phi) is 12.8. The van der Waals surface area contributed by atoms with Crippen molar-refractivity contribution < 1.29 is 43.2 Å². The fourth-order valence-corrected chi connectivity index (χ4v) is 5.52. The third-order valence-electron chi connectivity index (χ3n) is 7.95. The Morgan fingerprint density at radius 3 is 2.23 bits per heavy atom. The van der Waals surface area contributed by atoms with Gasteiger partial charge in [-0.25, -0.2) is 14.4 Å². The van der Waals surface area contributed by atoms with E-state index in [1.807, 2.05) is 24.3 Å². The van der Waals surface area contributed by atoms with E-state index in [1.54, 1.807) is 30.3 Å². The average molecular weight is 643 g/mol. The van der Waals surface area contributed by atoms with Gasteiger partial charge in [-0.1, -0.05) is 39.1 Å². The Morgan fingerprint density at radius 2 is 1.53 bits per heavy atom. The molecule has 1 aliphatic carbocycles. The number of esters is 3. The molecule has 3 aromatic carbocycles. The molecule has 47 heavy (non-hydrogen) atoms. The molecule has 0 radical (unpaired) electrons.